The number of aromatic nitrogens is 2. The van der Waals surface area contributed by atoms with Gasteiger partial charge in [0.25, 0.3) is 0 Å². The summed E-state index contributed by atoms with van der Waals surface area (Å²) in [5.74, 6) is 1.51. The second kappa shape index (κ2) is 6.92. The number of amides is 1. The molecule has 0 spiro atoms. The Balaban J connectivity index is 1.39. The molecule has 0 N–H and O–H groups in total. The lowest BCUT2D eigenvalue weighted by Crippen LogP contribution is -2.27. The van der Waals surface area contributed by atoms with E-state index in [1.165, 1.54) is 0 Å². The smallest absolute Gasteiger partial charge is 0.231 e. The molecule has 1 amide bonds. The van der Waals surface area contributed by atoms with Crippen molar-refractivity contribution in [2.75, 3.05) is 13.8 Å². The summed E-state index contributed by atoms with van der Waals surface area (Å²) in [5, 5.41) is 4.34. The summed E-state index contributed by atoms with van der Waals surface area (Å²) in [5.41, 5.74) is 2.86. The minimum absolute atomic E-state index is 0.0373. The van der Waals surface area contributed by atoms with Crippen LogP contribution in [0.5, 0.6) is 11.5 Å². The highest BCUT2D eigenvalue weighted by atomic mass is 16.7. The van der Waals surface area contributed by atoms with Gasteiger partial charge in [-0.2, -0.15) is 5.10 Å². The van der Waals surface area contributed by atoms with Gasteiger partial charge in [-0.05, 0) is 35.4 Å². The highest BCUT2D eigenvalue weighted by molar-refractivity contribution is 5.78. The molecule has 1 aromatic heterocycles. The van der Waals surface area contributed by atoms with Gasteiger partial charge in [-0.3, -0.25) is 4.79 Å². The molecule has 0 saturated heterocycles. The lowest BCUT2D eigenvalue weighted by atomic mass is 10.1. The third-order valence-electron chi connectivity index (χ3n) is 4.29. The Hall–Kier alpha value is -3.28. The van der Waals surface area contributed by atoms with Crippen molar-refractivity contribution < 1.29 is 14.3 Å². The number of carbonyl (C=O) groups is 1. The van der Waals surface area contributed by atoms with Gasteiger partial charge in [0.2, 0.25) is 12.7 Å². The molecule has 0 bridgehead atoms. The van der Waals surface area contributed by atoms with Gasteiger partial charge in [0.1, 0.15) is 0 Å². The first kappa shape index (κ1) is 16.2. The zero-order chi connectivity index (χ0) is 17.9. The van der Waals surface area contributed by atoms with E-state index in [9.17, 15) is 4.79 Å². The molecule has 6 heteroatoms. The summed E-state index contributed by atoms with van der Waals surface area (Å²) in [6.07, 6.45) is 3.94. The van der Waals surface area contributed by atoms with Crippen molar-refractivity contribution in [1.82, 2.24) is 14.7 Å². The normalized spacial score (nSPS) is 12.2. The van der Waals surface area contributed by atoms with Crippen molar-refractivity contribution >= 4 is 5.91 Å². The quantitative estimate of drug-likeness (QED) is 0.711. The predicted octanol–water partition coefficient (Wildman–Crippen LogP) is 2.80. The van der Waals surface area contributed by atoms with E-state index in [2.05, 4.69) is 5.10 Å². The number of fused-ring (bicyclic) bond motifs is 1. The number of ether oxygens (including phenoxy) is 2. The molecule has 0 atom stereocenters. The van der Waals surface area contributed by atoms with Crippen LogP contribution < -0.4 is 9.47 Å². The number of likely N-dealkylation sites (N-methyl/N-ethyl adjacent to an activating group) is 1. The lowest BCUT2D eigenvalue weighted by Gasteiger charge is -2.17. The Morgan fingerprint density at radius 1 is 1.12 bits per heavy atom. The molecule has 3 aromatic rings. The van der Waals surface area contributed by atoms with Crippen molar-refractivity contribution in [2.45, 2.75) is 13.0 Å². The molecule has 1 aliphatic rings. The third-order valence-corrected chi connectivity index (χ3v) is 4.29. The van der Waals surface area contributed by atoms with Crippen LogP contribution in [0, 0.1) is 0 Å². The van der Waals surface area contributed by atoms with Crippen molar-refractivity contribution in [3.63, 3.8) is 0 Å². The molecule has 26 heavy (non-hydrogen) atoms. The van der Waals surface area contributed by atoms with Crippen molar-refractivity contribution in [2.24, 2.45) is 0 Å². The van der Waals surface area contributed by atoms with Gasteiger partial charge in [-0.15, -0.1) is 0 Å². The molecular formula is C20H19N3O3. The third kappa shape index (κ3) is 3.39. The van der Waals surface area contributed by atoms with Gasteiger partial charge in [-0.25, -0.2) is 4.68 Å². The Kier molecular flexibility index (Phi) is 4.31. The topological polar surface area (TPSA) is 56.6 Å². The average molecular weight is 349 g/mol. The zero-order valence-corrected chi connectivity index (χ0v) is 14.5. The highest BCUT2D eigenvalue weighted by Crippen LogP contribution is 2.32. The van der Waals surface area contributed by atoms with Gasteiger partial charge in [0.05, 0.1) is 18.3 Å². The van der Waals surface area contributed by atoms with Crippen LogP contribution in [0.25, 0.3) is 5.69 Å². The van der Waals surface area contributed by atoms with Crippen LogP contribution in [0.2, 0.25) is 0 Å². The number of rotatable bonds is 5. The van der Waals surface area contributed by atoms with Gasteiger partial charge in [-0.1, -0.05) is 24.3 Å². The number of nitrogens with zero attached hydrogens (tertiary/aromatic N) is 3. The molecule has 0 unspecified atom stereocenters. The standard InChI is InChI=1S/C20H19N3O3/c1-22(12-15-7-8-18-19(9-15)26-14-25-18)20(24)10-16-11-21-23(13-16)17-5-3-2-4-6-17/h2-9,11,13H,10,12,14H2,1H3. The summed E-state index contributed by atoms with van der Waals surface area (Å²) < 4.78 is 12.5. The molecule has 132 valence electrons. The van der Waals surface area contributed by atoms with Gasteiger partial charge in [0.15, 0.2) is 11.5 Å². The van der Waals surface area contributed by atoms with E-state index < -0.39 is 0 Å². The van der Waals surface area contributed by atoms with E-state index in [1.807, 2.05) is 54.7 Å². The second-order valence-corrected chi connectivity index (χ2v) is 6.24. The molecule has 2 heterocycles. The van der Waals surface area contributed by atoms with Gasteiger partial charge >= 0.3 is 0 Å². The Morgan fingerprint density at radius 2 is 1.92 bits per heavy atom. The molecule has 4 rings (SSSR count). The van der Waals surface area contributed by atoms with Gasteiger partial charge < -0.3 is 14.4 Å². The first-order valence-electron chi connectivity index (χ1n) is 8.40. The van der Waals surface area contributed by atoms with Gasteiger partial charge in [0, 0.05) is 19.8 Å². The first-order chi connectivity index (χ1) is 12.7. The number of para-hydroxylation sites is 1. The fourth-order valence-electron chi connectivity index (χ4n) is 2.88. The van der Waals surface area contributed by atoms with Crippen molar-refractivity contribution in [3.05, 3.63) is 72.1 Å². The Bertz CT molecular complexity index is 921. The van der Waals surface area contributed by atoms with Crippen LogP contribution in [0.15, 0.2) is 60.9 Å². The predicted molar refractivity (Wildman–Crippen MR) is 96.3 cm³/mol. The first-order valence-corrected chi connectivity index (χ1v) is 8.40. The number of hydrogen-bond acceptors (Lipinski definition) is 4. The van der Waals surface area contributed by atoms with Crippen molar-refractivity contribution in [3.8, 4) is 17.2 Å². The zero-order valence-electron chi connectivity index (χ0n) is 14.5. The number of benzene rings is 2. The maximum Gasteiger partial charge on any atom is 0.231 e. The second-order valence-electron chi connectivity index (χ2n) is 6.24. The van der Waals surface area contributed by atoms with E-state index in [-0.39, 0.29) is 12.7 Å². The molecule has 0 fully saturated rings. The molecule has 0 aliphatic carbocycles. The Labute approximate surface area is 151 Å². The molecule has 1 aliphatic heterocycles. The van der Waals surface area contributed by atoms with Crippen LogP contribution in [-0.4, -0.2) is 34.4 Å². The maximum atomic E-state index is 12.5. The van der Waals surface area contributed by atoms with E-state index in [4.69, 9.17) is 9.47 Å². The summed E-state index contributed by atoms with van der Waals surface area (Å²) in [6, 6.07) is 15.6. The molecule has 2 aromatic carbocycles. The minimum Gasteiger partial charge on any atom is -0.454 e. The minimum atomic E-state index is 0.0373. The van der Waals surface area contributed by atoms with Crippen LogP contribution in [-0.2, 0) is 17.8 Å². The molecular weight excluding hydrogens is 330 g/mol. The SMILES string of the molecule is CN(Cc1ccc2c(c1)OCO2)C(=O)Cc1cnn(-c2ccccc2)c1. The molecule has 6 nitrogen and oxygen atoms in total. The summed E-state index contributed by atoms with van der Waals surface area (Å²) in [4.78, 5) is 14.2. The largest absolute Gasteiger partial charge is 0.454 e. The summed E-state index contributed by atoms with van der Waals surface area (Å²) in [6.45, 7) is 0.765. The molecule has 0 radical (unpaired) electrons. The van der Waals surface area contributed by atoms with E-state index in [1.54, 1.807) is 22.8 Å². The monoisotopic (exact) mass is 349 g/mol. The van der Waals surface area contributed by atoms with Crippen LogP contribution >= 0.6 is 0 Å². The van der Waals surface area contributed by atoms with Crippen LogP contribution in [0.3, 0.4) is 0 Å². The Morgan fingerprint density at radius 3 is 2.77 bits per heavy atom. The van der Waals surface area contributed by atoms with E-state index in [0.717, 1.165) is 28.3 Å². The fraction of sp³-hybridized carbons (Fsp3) is 0.200. The number of hydrogen-bond donors (Lipinski definition) is 0. The van der Waals surface area contributed by atoms with E-state index in [0.29, 0.717) is 13.0 Å². The maximum absolute atomic E-state index is 12.5. The van der Waals surface area contributed by atoms with E-state index >= 15 is 0 Å². The lowest BCUT2D eigenvalue weighted by molar-refractivity contribution is -0.129. The van der Waals surface area contributed by atoms with Crippen LogP contribution in [0.4, 0.5) is 0 Å². The summed E-state index contributed by atoms with van der Waals surface area (Å²) >= 11 is 0. The van der Waals surface area contributed by atoms with Crippen molar-refractivity contribution in [1.29, 1.82) is 0 Å². The summed E-state index contributed by atoms with van der Waals surface area (Å²) in [7, 11) is 1.80. The fourth-order valence-corrected chi connectivity index (χ4v) is 2.88. The molecule has 0 saturated carbocycles. The average Bonchev–Trinajstić information content (AvgIpc) is 3.31. The number of carbonyl (C=O) groups excluding carboxylic acids is 1. The highest BCUT2D eigenvalue weighted by Gasteiger charge is 2.16. The van der Waals surface area contributed by atoms with Crippen LogP contribution in [0.1, 0.15) is 11.1 Å².